The number of nitrogens with one attached hydrogen (secondary N) is 2. The Morgan fingerprint density at radius 3 is 2.11 bits per heavy atom. The minimum Gasteiger partial charge on any atom is -0.395 e. The normalized spacial score (nSPS) is 18.6. The molecule has 2 unspecified atom stereocenters. The van der Waals surface area contributed by atoms with Crippen molar-refractivity contribution in [2.45, 2.75) is 36.8 Å². The number of aliphatic hydroxyl groups is 2. The number of carbonyl (C=O) groups excluding carboxylic acids is 3. The van der Waals surface area contributed by atoms with Gasteiger partial charge in [0.1, 0.15) is 12.6 Å². The van der Waals surface area contributed by atoms with E-state index in [-0.39, 0.29) is 11.4 Å². The SMILES string of the molecule is CC(O)(C(=O)NCC(F)(F)C(F)(F)F)C(=O)NC1CN(CC(F)(F)F)c2ccccc2N(CCO)C1=O. The molecule has 0 radical (unpaired) electrons. The monoisotopic (exact) mass is 550 g/mol. The first-order chi connectivity index (χ1) is 16.8. The standard InChI is InChI=1S/C20H22F8N4O5/c1-17(37,15(35)29-9-18(21,22)20(26,27)28)16(36)30-11-8-31(10-19(23,24)25)12-4-2-3-5-13(12)32(6-7-33)14(11)34/h2-5,11,33,37H,6-10H2,1H3,(H,29,35)(H,30,36). The first kappa shape index (κ1) is 30.0. The van der Waals surface area contributed by atoms with E-state index in [4.69, 9.17) is 0 Å². The summed E-state index contributed by atoms with van der Waals surface area (Å²) >= 11 is 0. The summed E-state index contributed by atoms with van der Waals surface area (Å²) in [6.07, 6.45) is -10.8. The van der Waals surface area contributed by atoms with E-state index in [0.29, 0.717) is 11.8 Å². The molecule has 37 heavy (non-hydrogen) atoms. The molecule has 0 saturated carbocycles. The molecule has 208 valence electrons. The molecule has 1 aliphatic rings. The lowest BCUT2D eigenvalue weighted by molar-refractivity contribution is -0.278. The molecular formula is C20H22F8N4O5. The number of hydrogen-bond acceptors (Lipinski definition) is 6. The Kier molecular flexibility index (Phi) is 8.64. The molecule has 4 N–H and O–H groups in total. The summed E-state index contributed by atoms with van der Waals surface area (Å²) in [4.78, 5) is 39.3. The fourth-order valence-electron chi connectivity index (χ4n) is 3.33. The van der Waals surface area contributed by atoms with Crippen LogP contribution in [-0.2, 0) is 14.4 Å². The van der Waals surface area contributed by atoms with Gasteiger partial charge in [-0.3, -0.25) is 14.4 Å². The molecule has 0 saturated heterocycles. The first-order valence-corrected chi connectivity index (χ1v) is 10.4. The second-order valence-electron chi connectivity index (χ2n) is 8.18. The van der Waals surface area contributed by atoms with Crippen LogP contribution in [0.4, 0.5) is 46.5 Å². The van der Waals surface area contributed by atoms with E-state index in [1.54, 1.807) is 0 Å². The summed E-state index contributed by atoms with van der Waals surface area (Å²) in [5.74, 6) is -10.2. The van der Waals surface area contributed by atoms with E-state index in [0.717, 1.165) is 10.2 Å². The highest BCUT2D eigenvalue weighted by molar-refractivity contribution is 6.10. The van der Waals surface area contributed by atoms with Crippen molar-refractivity contribution in [1.82, 2.24) is 10.6 Å². The highest BCUT2D eigenvalue weighted by Gasteiger charge is 2.58. The third-order valence-electron chi connectivity index (χ3n) is 5.25. The van der Waals surface area contributed by atoms with Gasteiger partial charge in [0, 0.05) is 13.1 Å². The Bertz CT molecular complexity index is 1020. The van der Waals surface area contributed by atoms with E-state index in [9.17, 15) is 59.7 Å². The van der Waals surface area contributed by atoms with Gasteiger partial charge in [-0.15, -0.1) is 0 Å². The largest absolute Gasteiger partial charge is 0.455 e. The highest BCUT2D eigenvalue weighted by atomic mass is 19.4. The van der Waals surface area contributed by atoms with E-state index in [1.165, 1.54) is 24.3 Å². The number of amides is 3. The Balaban J connectivity index is 2.32. The van der Waals surface area contributed by atoms with Gasteiger partial charge in [-0.1, -0.05) is 12.1 Å². The Labute approximate surface area is 204 Å². The maximum atomic E-state index is 13.3. The summed E-state index contributed by atoms with van der Waals surface area (Å²) in [6, 6.07) is 3.42. The molecule has 1 aromatic rings. The van der Waals surface area contributed by atoms with E-state index in [1.807, 2.05) is 5.32 Å². The van der Waals surface area contributed by atoms with E-state index >= 15 is 0 Å². The number of carbonyl (C=O) groups is 3. The molecule has 9 nitrogen and oxygen atoms in total. The molecule has 1 heterocycles. The van der Waals surface area contributed by atoms with Crippen LogP contribution in [0.2, 0.25) is 0 Å². The number of alkyl halides is 8. The summed E-state index contributed by atoms with van der Waals surface area (Å²) in [5, 5.41) is 22.5. The number of halogens is 8. The van der Waals surface area contributed by atoms with Crippen LogP contribution in [0.5, 0.6) is 0 Å². The maximum absolute atomic E-state index is 13.3. The topological polar surface area (TPSA) is 122 Å². The summed E-state index contributed by atoms with van der Waals surface area (Å²) in [5.41, 5.74) is -3.46. The number of fused-ring (bicyclic) bond motifs is 1. The Hall–Kier alpha value is -3.21. The average molecular weight is 550 g/mol. The summed E-state index contributed by atoms with van der Waals surface area (Å²) < 4.78 is 103. The van der Waals surface area contributed by atoms with Crippen LogP contribution < -0.4 is 20.4 Å². The van der Waals surface area contributed by atoms with Gasteiger partial charge in [0.25, 0.3) is 17.7 Å². The number of aliphatic hydroxyl groups excluding tert-OH is 1. The van der Waals surface area contributed by atoms with E-state index in [2.05, 4.69) is 0 Å². The summed E-state index contributed by atoms with van der Waals surface area (Å²) in [6.45, 7) is -5.40. The molecule has 0 aromatic heterocycles. The minimum atomic E-state index is -6.05. The molecule has 1 aromatic carbocycles. The Morgan fingerprint density at radius 2 is 1.59 bits per heavy atom. The van der Waals surface area contributed by atoms with Crippen LogP contribution in [0, 0.1) is 0 Å². The van der Waals surface area contributed by atoms with Crippen molar-refractivity contribution < 1.29 is 59.7 Å². The summed E-state index contributed by atoms with van der Waals surface area (Å²) in [7, 11) is 0. The van der Waals surface area contributed by atoms with Crippen LogP contribution in [0.3, 0.4) is 0 Å². The number of β-amino-alcohol motifs (C(OH)–C–C–N with tert-alkyl or cyclic N) is 1. The third-order valence-corrected chi connectivity index (χ3v) is 5.25. The zero-order valence-electron chi connectivity index (χ0n) is 19.0. The van der Waals surface area contributed by atoms with Gasteiger partial charge in [0.05, 0.1) is 24.5 Å². The van der Waals surface area contributed by atoms with Crippen LogP contribution in [0.15, 0.2) is 24.3 Å². The number of hydrogen-bond donors (Lipinski definition) is 4. The smallest absolute Gasteiger partial charge is 0.395 e. The van der Waals surface area contributed by atoms with Crippen LogP contribution in [-0.4, -0.2) is 90.6 Å². The lowest BCUT2D eigenvalue weighted by Crippen LogP contribution is -2.62. The van der Waals surface area contributed by atoms with Crippen LogP contribution in [0.1, 0.15) is 6.92 Å². The number of anilines is 2. The van der Waals surface area contributed by atoms with Gasteiger partial charge >= 0.3 is 18.3 Å². The maximum Gasteiger partial charge on any atom is 0.455 e. The van der Waals surface area contributed by atoms with Gasteiger partial charge in [-0.25, -0.2) is 0 Å². The van der Waals surface area contributed by atoms with Crippen molar-refractivity contribution in [3.8, 4) is 0 Å². The zero-order valence-corrected chi connectivity index (χ0v) is 19.0. The second-order valence-corrected chi connectivity index (χ2v) is 8.18. The average Bonchev–Trinajstić information content (AvgIpc) is 2.86. The predicted molar refractivity (Wildman–Crippen MR) is 111 cm³/mol. The number of benzene rings is 1. The molecule has 0 spiro atoms. The Morgan fingerprint density at radius 1 is 1.03 bits per heavy atom. The third kappa shape index (κ3) is 6.97. The van der Waals surface area contributed by atoms with Crippen molar-refractivity contribution in [1.29, 1.82) is 0 Å². The van der Waals surface area contributed by atoms with Crippen molar-refractivity contribution >= 4 is 29.1 Å². The number of nitrogens with zero attached hydrogens (tertiary/aromatic N) is 2. The number of rotatable bonds is 8. The van der Waals surface area contributed by atoms with Crippen molar-refractivity contribution in [3.63, 3.8) is 0 Å². The van der Waals surface area contributed by atoms with Crippen molar-refractivity contribution in [3.05, 3.63) is 24.3 Å². The second kappa shape index (κ2) is 10.6. The molecule has 2 rings (SSSR count). The first-order valence-electron chi connectivity index (χ1n) is 10.4. The highest BCUT2D eigenvalue weighted by Crippen LogP contribution is 2.36. The molecule has 0 fully saturated rings. The van der Waals surface area contributed by atoms with Crippen molar-refractivity contribution in [2.75, 3.05) is 42.6 Å². The fraction of sp³-hybridized carbons (Fsp3) is 0.550. The zero-order chi connectivity index (χ0) is 28.4. The number of para-hydroxylation sites is 2. The van der Waals surface area contributed by atoms with Crippen LogP contribution in [0.25, 0.3) is 0 Å². The lowest BCUT2D eigenvalue weighted by atomic mass is 10.0. The van der Waals surface area contributed by atoms with Crippen LogP contribution >= 0.6 is 0 Å². The molecular weight excluding hydrogens is 528 g/mol. The van der Waals surface area contributed by atoms with Gasteiger partial charge < -0.3 is 30.6 Å². The van der Waals surface area contributed by atoms with E-state index < -0.39 is 80.4 Å². The predicted octanol–water partition coefficient (Wildman–Crippen LogP) is 0.944. The van der Waals surface area contributed by atoms with Gasteiger partial charge in [0.2, 0.25) is 5.60 Å². The molecule has 0 bridgehead atoms. The van der Waals surface area contributed by atoms with Gasteiger partial charge in [-0.2, -0.15) is 35.1 Å². The fourth-order valence-corrected chi connectivity index (χ4v) is 3.33. The van der Waals surface area contributed by atoms with Gasteiger partial charge in [0.15, 0.2) is 0 Å². The molecule has 3 amide bonds. The molecule has 1 aliphatic heterocycles. The molecule has 0 aliphatic carbocycles. The quantitative estimate of drug-likeness (QED) is 0.283. The minimum absolute atomic E-state index is 0.0542. The van der Waals surface area contributed by atoms with Crippen molar-refractivity contribution in [2.24, 2.45) is 0 Å². The van der Waals surface area contributed by atoms with Gasteiger partial charge in [-0.05, 0) is 19.1 Å². The molecule has 2 atom stereocenters. The lowest BCUT2D eigenvalue weighted by Gasteiger charge is -2.29. The molecule has 17 heteroatoms.